The Morgan fingerprint density at radius 1 is 1.43 bits per heavy atom. The monoisotopic (exact) mass is 338 g/mol. The lowest BCUT2D eigenvalue weighted by Gasteiger charge is -2.22. The molecule has 1 amide bonds. The minimum atomic E-state index is -0.280. The van der Waals surface area contributed by atoms with Gasteiger partial charge in [-0.15, -0.1) is 11.8 Å². The summed E-state index contributed by atoms with van der Waals surface area (Å²) in [6.07, 6.45) is 4.33. The van der Waals surface area contributed by atoms with E-state index in [1.165, 1.54) is 6.42 Å². The Kier molecular flexibility index (Phi) is 5.91. The molecule has 1 saturated heterocycles. The average Bonchev–Trinajstić information content (AvgIpc) is 2.59. The zero-order valence-electron chi connectivity index (χ0n) is 13.2. The molecule has 1 aromatic carbocycles. The Morgan fingerprint density at radius 2 is 2.35 bits per heavy atom. The van der Waals surface area contributed by atoms with Crippen molar-refractivity contribution in [2.75, 3.05) is 30.0 Å². The van der Waals surface area contributed by atoms with Crippen LogP contribution in [0.3, 0.4) is 0 Å². The molecule has 2 heterocycles. The highest BCUT2D eigenvalue weighted by molar-refractivity contribution is 8.00. The van der Waals surface area contributed by atoms with Crippen LogP contribution in [0.1, 0.15) is 30.4 Å². The second-order valence-corrected chi connectivity index (χ2v) is 7.07. The molecule has 4 nitrogen and oxygen atoms in total. The number of hydrogen-bond acceptors (Lipinski definition) is 4. The predicted octanol–water partition coefficient (Wildman–Crippen LogP) is 2.71. The highest BCUT2D eigenvalue weighted by Crippen LogP contribution is 2.25. The third-order valence-corrected chi connectivity index (χ3v) is 5.37. The van der Waals surface area contributed by atoms with E-state index in [2.05, 4.69) is 10.6 Å². The van der Waals surface area contributed by atoms with E-state index in [4.69, 9.17) is 4.74 Å². The fourth-order valence-electron chi connectivity index (χ4n) is 3.04. The van der Waals surface area contributed by atoms with Gasteiger partial charge in [-0.05, 0) is 49.4 Å². The van der Waals surface area contributed by atoms with E-state index >= 15 is 0 Å². The third-order valence-electron chi connectivity index (χ3n) is 4.29. The topological polar surface area (TPSA) is 50.4 Å². The van der Waals surface area contributed by atoms with E-state index in [1.54, 1.807) is 17.8 Å². The molecule has 1 unspecified atom stereocenters. The first-order valence-electron chi connectivity index (χ1n) is 8.24. The average molecular weight is 338 g/mol. The molecule has 0 spiro atoms. The Hall–Kier alpha value is -1.11. The maximum atomic E-state index is 14.5. The van der Waals surface area contributed by atoms with E-state index in [-0.39, 0.29) is 17.8 Å². The number of rotatable bonds is 5. The highest BCUT2D eigenvalue weighted by Gasteiger charge is 2.18. The maximum Gasteiger partial charge on any atom is 0.234 e. The minimum absolute atomic E-state index is 0.154. The van der Waals surface area contributed by atoms with Crippen LogP contribution >= 0.6 is 11.8 Å². The molecule has 0 radical (unpaired) electrons. The number of thioether (sulfide) groups is 1. The van der Waals surface area contributed by atoms with Crippen molar-refractivity contribution in [1.82, 2.24) is 5.32 Å². The van der Waals surface area contributed by atoms with Gasteiger partial charge in [0.1, 0.15) is 5.82 Å². The van der Waals surface area contributed by atoms with Gasteiger partial charge in [0.05, 0.1) is 17.5 Å². The van der Waals surface area contributed by atoms with Crippen LogP contribution in [0.25, 0.3) is 0 Å². The second kappa shape index (κ2) is 8.13. The first-order chi connectivity index (χ1) is 11.2. The van der Waals surface area contributed by atoms with Crippen LogP contribution in [0.5, 0.6) is 0 Å². The molecule has 6 heteroatoms. The van der Waals surface area contributed by atoms with Crippen LogP contribution in [0.15, 0.2) is 12.1 Å². The van der Waals surface area contributed by atoms with E-state index in [0.29, 0.717) is 24.4 Å². The number of anilines is 1. The molecule has 1 aromatic rings. The molecule has 0 bridgehead atoms. The molecule has 0 saturated carbocycles. The molecule has 1 atom stereocenters. The molecule has 2 N–H and O–H groups in total. The van der Waals surface area contributed by atoms with Crippen LogP contribution in [0.4, 0.5) is 10.1 Å². The van der Waals surface area contributed by atoms with Gasteiger partial charge in [0.2, 0.25) is 5.91 Å². The van der Waals surface area contributed by atoms with Crippen molar-refractivity contribution in [3.05, 3.63) is 29.1 Å². The molecule has 23 heavy (non-hydrogen) atoms. The first-order valence-corrected chi connectivity index (χ1v) is 9.39. The third kappa shape index (κ3) is 4.46. The quantitative estimate of drug-likeness (QED) is 0.867. The maximum absolute atomic E-state index is 14.5. The summed E-state index contributed by atoms with van der Waals surface area (Å²) in [5.74, 6) is 0.723. The van der Waals surface area contributed by atoms with Crippen molar-refractivity contribution in [3.8, 4) is 0 Å². The zero-order chi connectivity index (χ0) is 16.1. The number of hydrogen-bond donors (Lipinski definition) is 2. The van der Waals surface area contributed by atoms with Gasteiger partial charge in [-0.3, -0.25) is 4.79 Å². The Morgan fingerprint density at radius 3 is 3.17 bits per heavy atom. The summed E-state index contributed by atoms with van der Waals surface area (Å²) < 4.78 is 20.1. The number of carbonyl (C=O) groups is 1. The van der Waals surface area contributed by atoms with E-state index < -0.39 is 0 Å². The summed E-state index contributed by atoms with van der Waals surface area (Å²) in [6, 6.07) is 3.55. The summed E-state index contributed by atoms with van der Waals surface area (Å²) in [5, 5.41) is 5.92. The molecule has 0 aliphatic carbocycles. The molecular formula is C17H23FN2O2S. The Balaban J connectivity index is 1.49. The molecule has 2 aliphatic rings. The van der Waals surface area contributed by atoms with Gasteiger partial charge in [-0.1, -0.05) is 6.07 Å². The van der Waals surface area contributed by atoms with E-state index in [1.807, 2.05) is 6.07 Å². The van der Waals surface area contributed by atoms with Gasteiger partial charge in [-0.25, -0.2) is 4.39 Å². The number of benzene rings is 1. The normalized spacial score (nSPS) is 20.8. The standard InChI is InChI=1S/C17H23FN2O2S/c18-17-14-6-7-19-9-12(14)4-5-15(17)20-16(21)11-23-10-13-3-1-2-8-22-13/h4-5,13,19H,1-3,6-11H2,(H,20,21). The van der Waals surface area contributed by atoms with E-state index in [0.717, 1.165) is 42.9 Å². The van der Waals surface area contributed by atoms with Crippen molar-refractivity contribution in [3.63, 3.8) is 0 Å². The largest absolute Gasteiger partial charge is 0.377 e. The summed E-state index contributed by atoms with van der Waals surface area (Å²) in [7, 11) is 0. The molecule has 1 fully saturated rings. The number of fused-ring (bicyclic) bond motifs is 1. The molecule has 3 rings (SSSR count). The van der Waals surface area contributed by atoms with Crippen LogP contribution in [-0.2, 0) is 22.5 Å². The van der Waals surface area contributed by atoms with Gasteiger partial charge >= 0.3 is 0 Å². The van der Waals surface area contributed by atoms with Crippen molar-refractivity contribution in [2.24, 2.45) is 0 Å². The van der Waals surface area contributed by atoms with Crippen LogP contribution in [0, 0.1) is 5.82 Å². The highest BCUT2D eigenvalue weighted by atomic mass is 32.2. The van der Waals surface area contributed by atoms with Crippen molar-refractivity contribution < 1.29 is 13.9 Å². The number of ether oxygens (including phenoxy) is 1. The predicted molar refractivity (Wildman–Crippen MR) is 91.4 cm³/mol. The van der Waals surface area contributed by atoms with Crippen molar-refractivity contribution >= 4 is 23.4 Å². The van der Waals surface area contributed by atoms with Gasteiger partial charge < -0.3 is 15.4 Å². The van der Waals surface area contributed by atoms with Crippen molar-refractivity contribution in [1.29, 1.82) is 0 Å². The molecule has 126 valence electrons. The lowest BCUT2D eigenvalue weighted by atomic mass is 9.99. The summed E-state index contributed by atoms with van der Waals surface area (Å²) in [6.45, 7) is 2.29. The number of carbonyl (C=O) groups excluding carboxylic acids is 1. The SMILES string of the molecule is O=C(CSCC1CCCCO1)Nc1ccc2c(c1F)CCNC2. The molecule has 0 aromatic heterocycles. The fraction of sp³-hybridized carbons (Fsp3) is 0.588. The van der Waals surface area contributed by atoms with Gasteiger partial charge in [0, 0.05) is 18.9 Å². The summed E-state index contributed by atoms with van der Waals surface area (Å²) in [5.41, 5.74) is 2.01. The summed E-state index contributed by atoms with van der Waals surface area (Å²) >= 11 is 1.55. The molecular weight excluding hydrogens is 315 g/mol. The molecule has 2 aliphatic heterocycles. The van der Waals surface area contributed by atoms with Gasteiger partial charge in [0.15, 0.2) is 0 Å². The fourth-order valence-corrected chi connectivity index (χ4v) is 3.94. The van der Waals surface area contributed by atoms with Crippen LogP contribution in [-0.4, -0.2) is 36.7 Å². The summed E-state index contributed by atoms with van der Waals surface area (Å²) in [4.78, 5) is 12.0. The smallest absolute Gasteiger partial charge is 0.234 e. The minimum Gasteiger partial charge on any atom is -0.377 e. The number of nitrogens with one attached hydrogen (secondary N) is 2. The first kappa shape index (κ1) is 16.7. The van der Waals surface area contributed by atoms with Crippen LogP contribution < -0.4 is 10.6 Å². The Bertz CT molecular complexity index is 562. The van der Waals surface area contributed by atoms with Gasteiger partial charge in [-0.2, -0.15) is 0 Å². The van der Waals surface area contributed by atoms with Crippen molar-refractivity contribution in [2.45, 2.75) is 38.3 Å². The lowest BCUT2D eigenvalue weighted by molar-refractivity contribution is -0.113. The second-order valence-electron chi connectivity index (χ2n) is 6.04. The lowest BCUT2D eigenvalue weighted by Crippen LogP contribution is -2.25. The Labute approximate surface area is 140 Å². The van der Waals surface area contributed by atoms with Gasteiger partial charge in [0.25, 0.3) is 0 Å². The van der Waals surface area contributed by atoms with E-state index in [9.17, 15) is 9.18 Å². The van der Waals surface area contributed by atoms with Crippen LogP contribution in [0.2, 0.25) is 0 Å². The number of amides is 1. The zero-order valence-corrected chi connectivity index (χ0v) is 14.0. The number of halogens is 1.